The molecule has 0 bridgehead atoms. The van der Waals surface area contributed by atoms with E-state index in [1.807, 2.05) is 62.4 Å². The number of halogens is 1. The molecule has 0 spiro atoms. The number of carbonyl (C=O) groups is 2. The zero-order valence-corrected chi connectivity index (χ0v) is 21.1. The van der Waals surface area contributed by atoms with Gasteiger partial charge in [-0.3, -0.25) is 4.79 Å². The van der Waals surface area contributed by atoms with Crippen molar-refractivity contribution in [1.29, 1.82) is 0 Å². The Labute approximate surface area is 215 Å². The van der Waals surface area contributed by atoms with Crippen LogP contribution in [0.5, 0.6) is 5.75 Å². The molecule has 3 aromatic carbocycles. The minimum absolute atomic E-state index is 0.108. The van der Waals surface area contributed by atoms with Gasteiger partial charge in [-0.15, -0.1) is 0 Å². The van der Waals surface area contributed by atoms with Crippen LogP contribution in [0.2, 0.25) is 5.02 Å². The number of hydrogen-bond acceptors (Lipinski definition) is 5. The van der Waals surface area contributed by atoms with Gasteiger partial charge in [0.1, 0.15) is 12.4 Å². The number of nitrogens with one attached hydrogen (secondary N) is 1. The number of fused-ring (bicyclic) bond motifs is 2. The first-order valence-corrected chi connectivity index (χ1v) is 12.3. The topological polar surface area (TPSA) is 64.6 Å². The summed E-state index contributed by atoms with van der Waals surface area (Å²) in [7, 11) is 0. The van der Waals surface area contributed by atoms with Gasteiger partial charge in [0.15, 0.2) is 5.78 Å². The van der Waals surface area contributed by atoms with Crippen molar-refractivity contribution in [2.75, 3.05) is 6.61 Å². The fourth-order valence-corrected chi connectivity index (χ4v) is 5.16. The van der Waals surface area contributed by atoms with Gasteiger partial charge >= 0.3 is 5.97 Å². The fraction of sp³-hybridized carbons (Fsp3) is 0.200. The van der Waals surface area contributed by atoms with E-state index in [4.69, 9.17) is 21.1 Å². The molecule has 2 aliphatic rings. The smallest absolute Gasteiger partial charge is 0.336 e. The van der Waals surface area contributed by atoms with Gasteiger partial charge in [0.25, 0.3) is 0 Å². The second-order valence-electron chi connectivity index (χ2n) is 8.95. The van der Waals surface area contributed by atoms with Crippen LogP contribution in [-0.2, 0) is 16.1 Å². The summed E-state index contributed by atoms with van der Waals surface area (Å²) in [6, 6.07) is 21.0. The predicted molar refractivity (Wildman–Crippen MR) is 140 cm³/mol. The summed E-state index contributed by atoms with van der Waals surface area (Å²) in [6.45, 7) is 6.23. The van der Waals surface area contributed by atoms with Crippen LogP contribution in [0.15, 0.2) is 83.6 Å². The summed E-state index contributed by atoms with van der Waals surface area (Å²) in [5.74, 6) is -0.657. The van der Waals surface area contributed by atoms with Crippen molar-refractivity contribution in [3.05, 3.63) is 116 Å². The number of ketones is 1. The highest BCUT2D eigenvalue weighted by atomic mass is 35.5. The second-order valence-corrected chi connectivity index (χ2v) is 9.36. The maximum Gasteiger partial charge on any atom is 0.336 e. The number of carbonyl (C=O) groups excluding carboxylic acids is 2. The van der Waals surface area contributed by atoms with Crippen LogP contribution in [0.25, 0.3) is 5.70 Å². The van der Waals surface area contributed by atoms with Crippen LogP contribution in [0.1, 0.15) is 52.4 Å². The Morgan fingerprint density at radius 3 is 2.50 bits per heavy atom. The van der Waals surface area contributed by atoms with E-state index in [1.54, 1.807) is 19.1 Å². The minimum Gasteiger partial charge on any atom is -0.487 e. The number of allylic oxidation sites excluding steroid dienone is 2. The van der Waals surface area contributed by atoms with Gasteiger partial charge in [-0.1, -0.05) is 71.8 Å². The van der Waals surface area contributed by atoms with Gasteiger partial charge in [-0.25, -0.2) is 4.79 Å². The lowest BCUT2D eigenvalue weighted by molar-refractivity contribution is -0.138. The first-order chi connectivity index (χ1) is 17.4. The Balaban J connectivity index is 1.54. The molecule has 0 saturated heterocycles. The molecule has 1 aliphatic carbocycles. The van der Waals surface area contributed by atoms with Gasteiger partial charge in [-0.2, -0.15) is 0 Å². The number of dihydropyridines is 1. The zero-order valence-electron chi connectivity index (χ0n) is 20.4. The summed E-state index contributed by atoms with van der Waals surface area (Å²) in [5.41, 5.74) is 6.66. The van der Waals surface area contributed by atoms with Crippen molar-refractivity contribution in [2.24, 2.45) is 0 Å². The average Bonchev–Trinajstić information content (AvgIpc) is 3.14. The molecule has 36 heavy (non-hydrogen) atoms. The monoisotopic (exact) mass is 499 g/mol. The first kappa shape index (κ1) is 23.9. The molecule has 1 atom stereocenters. The zero-order chi connectivity index (χ0) is 25.4. The van der Waals surface area contributed by atoms with E-state index in [0.717, 1.165) is 28.0 Å². The van der Waals surface area contributed by atoms with E-state index in [2.05, 4.69) is 11.4 Å². The number of benzene rings is 3. The van der Waals surface area contributed by atoms with Crippen LogP contribution in [0, 0.1) is 6.92 Å². The molecule has 0 fully saturated rings. The van der Waals surface area contributed by atoms with E-state index < -0.39 is 11.9 Å². The quantitative estimate of drug-likeness (QED) is 0.400. The summed E-state index contributed by atoms with van der Waals surface area (Å²) in [5, 5.41) is 3.71. The molecule has 0 saturated carbocycles. The van der Waals surface area contributed by atoms with Crippen molar-refractivity contribution in [3.8, 4) is 5.75 Å². The molecule has 0 aromatic heterocycles. The van der Waals surface area contributed by atoms with Gasteiger partial charge < -0.3 is 14.8 Å². The Hall–Kier alpha value is -3.83. The van der Waals surface area contributed by atoms with Crippen molar-refractivity contribution in [3.63, 3.8) is 0 Å². The van der Waals surface area contributed by atoms with Crippen LogP contribution in [0.3, 0.4) is 0 Å². The lowest BCUT2D eigenvalue weighted by Gasteiger charge is -2.29. The third-order valence-corrected chi connectivity index (χ3v) is 6.81. The standard InChI is InChI=1S/C30H26ClNO4/c1-4-35-30(34)25-18(3)32-28-21-10-5-6-11-22(21)29(33)27(28)26(25)20-12-13-24(23(31)15-20)36-16-19-9-7-8-17(2)14-19/h5-15,26,32H,4,16H2,1-3H3/t26-/m1/s1. The Morgan fingerprint density at radius 2 is 1.78 bits per heavy atom. The Morgan fingerprint density at radius 1 is 1.00 bits per heavy atom. The third-order valence-electron chi connectivity index (χ3n) is 6.51. The van der Waals surface area contributed by atoms with Crippen molar-refractivity contribution >= 4 is 29.1 Å². The number of esters is 1. The lowest BCUT2D eigenvalue weighted by Crippen LogP contribution is -2.29. The molecular formula is C30H26ClNO4. The van der Waals surface area contributed by atoms with Gasteiger partial charge in [-0.05, 0) is 44.0 Å². The lowest BCUT2D eigenvalue weighted by atomic mass is 9.80. The van der Waals surface area contributed by atoms with Gasteiger partial charge in [0.05, 0.1) is 22.9 Å². The number of Topliss-reactive ketones (excluding diaryl/α,β-unsaturated/α-hetero) is 1. The second kappa shape index (κ2) is 9.67. The minimum atomic E-state index is -0.622. The molecule has 182 valence electrons. The summed E-state index contributed by atoms with van der Waals surface area (Å²) < 4.78 is 11.4. The number of rotatable bonds is 6. The maximum atomic E-state index is 13.6. The first-order valence-electron chi connectivity index (χ1n) is 11.9. The van der Waals surface area contributed by atoms with E-state index in [9.17, 15) is 9.59 Å². The van der Waals surface area contributed by atoms with E-state index in [0.29, 0.717) is 39.8 Å². The molecule has 5 rings (SSSR count). The molecule has 0 radical (unpaired) electrons. The van der Waals surface area contributed by atoms with Crippen LogP contribution < -0.4 is 10.1 Å². The Bertz CT molecular complexity index is 1450. The van der Waals surface area contributed by atoms with Crippen LogP contribution in [0.4, 0.5) is 0 Å². The molecule has 3 aromatic rings. The number of hydrogen-bond donors (Lipinski definition) is 1. The molecule has 6 heteroatoms. The van der Waals surface area contributed by atoms with Gasteiger partial charge in [0, 0.05) is 28.3 Å². The van der Waals surface area contributed by atoms with E-state index >= 15 is 0 Å². The molecule has 5 nitrogen and oxygen atoms in total. The predicted octanol–water partition coefficient (Wildman–Crippen LogP) is 6.36. The molecule has 1 aliphatic heterocycles. The highest BCUT2D eigenvalue weighted by molar-refractivity contribution is 6.32. The molecule has 1 N–H and O–H groups in total. The van der Waals surface area contributed by atoms with Crippen molar-refractivity contribution in [1.82, 2.24) is 5.32 Å². The maximum absolute atomic E-state index is 13.6. The molecule has 0 amide bonds. The normalized spacial score (nSPS) is 16.4. The molecule has 0 unspecified atom stereocenters. The average molecular weight is 500 g/mol. The molecule has 1 heterocycles. The fourth-order valence-electron chi connectivity index (χ4n) is 4.92. The summed E-state index contributed by atoms with van der Waals surface area (Å²) in [4.78, 5) is 26.6. The number of ether oxygens (including phenoxy) is 2. The van der Waals surface area contributed by atoms with Crippen molar-refractivity contribution < 1.29 is 19.1 Å². The van der Waals surface area contributed by atoms with E-state index in [-0.39, 0.29) is 12.4 Å². The van der Waals surface area contributed by atoms with Crippen LogP contribution in [-0.4, -0.2) is 18.4 Å². The highest BCUT2D eigenvalue weighted by Crippen LogP contribution is 2.47. The van der Waals surface area contributed by atoms with E-state index in [1.165, 1.54) is 0 Å². The number of aryl methyl sites for hydroxylation is 1. The largest absolute Gasteiger partial charge is 0.487 e. The third kappa shape index (κ3) is 4.20. The van der Waals surface area contributed by atoms with Crippen molar-refractivity contribution in [2.45, 2.75) is 33.3 Å². The SMILES string of the molecule is CCOC(=O)C1=C(C)NC2=C(C(=O)c3ccccc32)[C@@H]1c1ccc(OCc2cccc(C)c2)c(Cl)c1. The van der Waals surface area contributed by atoms with Crippen LogP contribution >= 0.6 is 11.6 Å². The van der Waals surface area contributed by atoms with Gasteiger partial charge in [0.2, 0.25) is 0 Å². The highest BCUT2D eigenvalue weighted by Gasteiger charge is 2.43. The summed E-state index contributed by atoms with van der Waals surface area (Å²) in [6.07, 6.45) is 0. The Kier molecular flexibility index (Phi) is 6.42. The summed E-state index contributed by atoms with van der Waals surface area (Å²) >= 11 is 6.67. The molecular weight excluding hydrogens is 474 g/mol.